The third kappa shape index (κ3) is 3.84. The van der Waals surface area contributed by atoms with Crippen molar-refractivity contribution in [3.05, 3.63) is 37.0 Å². The average molecular weight is 248 g/mol. The lowest BCUT2D eigenvalue weighted by Gasteiger charge is -2.17. The van der Waals surface area contributed by atoms with Gasteiger partial charge in [-0.3, -0.25) is 4.79 Å². The van der Waals surface area contributed by atoms with Crippen LogP contribution in [0.25, 0.3) is 0 Å². The molecule has 1 saturated heterocycles. The van der Waals surface area contributed by atoms with Crippen molar-refractivity contribution in [2.75, 3.05) is 0 Å². The van der Waals surface area contributed by atoms with Gasteiger partial charge in [0, 0.05) is 17.5 Å². The largest absolute Gasteiger partial charge is 0.351 e. The Kier molecular flexibility index (Phi) is 4.91. The number of nitrogens with one attached hydrogen (secondary N) is 1. The normalized spacial score (nSPS) is 24.5. The predicted octanol–water partition coefficient (Wildman–Crippen LogP) is 2.31. The molecule has 1 aliphatic heterocycles. The lowest BCUT2D eigenvalue weighted by molar-refractivity contribution is -0.123. The summed E-state index contributed by atoms with van der Waals surface area (Å²) < 4.78 is 0. The van der Waals surface area contributed by atoms with E-state index < -0.39 is 0 Å². The summed E-state index contributed by atoms with van der Waals surface area (Å²) in [6.45, 7) is 11.5. The maximum atomic E-state index is 11.8. The summed E-state index contributed by atoms with van der Waals surface area (Å²) >= 11 is 0. The van der Waals surface area contributed by atoms with E-state index in [2.05, 4.69) is 32.3 Å². The second-order valence-electron chi connectivity index (χ2n) is 5.56. The van der Waals surface area contributed by atoms with E-state index >= 15 is 0 Å². The zero-order valence-electron chi connectivity index (χ0n) is 11.4. The Labute approximate surface area is 110 Å². The van der Waals surface area contributed by atoms with E-state index in [1.54, 1.807) is 12.2 Å². The first-order valence-electron chi connectivity index (χ1n) is 6.42. The number of hydrogen-bond donors (Lipinski definition) is 2. The molecular weight excluding hydrogens is 224 g/mol. The van der Waals surface area contributed by atoms with Gasteiger partial charge in [-0.1, -0.05) is 31.4 Å². The summed E-state index contributed by atoms with van der Waals surface area (Å²) in [5.41, 5.74) is 6.98. The van der Waals surface area contributed by atoms with E-state index in [0.29, 0.717) is 0 Å². The number of carbonyl (C=O) groups excluding carboxylic acids is 1. The van der Waals surface area contributed by atoms with Crippen molar-refractivity contribution < 1.29 is 4.79 Å². The van der Waals surface area contributed by atoms with E-state index in [0.717, 1.165) is 24.8 Å². The highest BCUT2D eigenvalue weighted by Crippen LogP contribution is 2.28. The van der Waals surface area contributed by atoms with Crippen molar-refractivity contribution in [3.8, 4) is 0 Å². The molecule has 1 aliphatic rings. The third-order valence-corrected chi connectivity index (χ3v) is 3.39. The van der Waals surface area contributed by atoms with Gasteiger partial charge >= 0.3 is 0 Å². The molecular formula is C15H24N2O. The van der Waals surface area contributed by atoms with Crippen LogP contribution in [0.3, 0.4) is 0 Å². The van der Waals surface area contributed by atoms with Gasteiger partial charge < -0.3 is 11.1 Å². The minimum absolute atomic E-state index is 0.0722. The summed E-state index contributed by atoms with van der Waals surface area (Å²) in [6, 6.07) is -0.0722. The van der Waals surface area contributed by atoms with Crippen LogP contribution in [0.2, 0.25) is 0 Å². The summed E-state index contributed by atoms with van der Waals surface area (Å²) in [6.07, 6.45) is 7.83. The molecule has 3 nitrogen and oxygen atoms in total. The van der Waals surface area contributed by atoms with Crippen LogP contribution in [0.15, 0.2) is 37.0 Å². The molecule has 1 heterocycles. The van der Waals surface area contributed by atoms with Gasteiger partial charge in [0.15, 0.2) is 0 Å². The lowest BCUT2D eigenvalue weighted by atomic mass is 9.90. The Hall–Kier alpha value is -1.35. The Morgan fingerprint density at radius 3 is 2.72 bits per heavy atom. The van der Waals surface area contributed by atoms with Crippen molar-refractivity contribution in [1.29, 1.82) is 0 Å². The van der Waals surface area contributed by atoms with Gasteiger partial charge in [-0.05, 0) is 38.7 Å². The Bertz CT molecular complexity index is 369. The van der Waals surface area contributed by atoms with Gasteiger partial charge in [0.2, 0.25) is 5.91 Å². The Morgan fingerprint density at radius 1 is 1.61 bits per heavy atom. The molecule has 0 aromatic carbocycles. The van der Waals surface area contributed by atoms with Crippen molar-refractivity contribution in [1.82, 2.24) is 5.32 Å². The Morgan fingerprint density at radius 2 is 2.28 bits per heavy atom. The number of allylic oxidation sites excluding steroid dienone is 2. The van der Waals surface area contributed by atoms with Crippen molar-refractivity contribution in [3.63, 3.8) is 0 Å². The van der Waals surface area contributed by atoms with Crippen molar-refractivity contribution in [2.45, 2.75) is 44.7 Å². The zero-order valence-corrected chi connectivity index (χ0v) is 11.4. The summed E-state index contributed by atoms with van der Waals surface area (Å²) in [7, 11) is 0. The van der Waals surface area contributed by atoms with Gasteiger partial charge in [0.05, 0.1) is 0 Å². The molecule has 18 heavy (non-hydrogen) atoms. The van der Waals surface area contributed by atoms with Crippen LogP contribution < -0.4 is 11.1 Å². The molecule has 0 aliphatic carbocycles. The van der Waals surface area contributed by atoms with E-state index in [-0.39, 0.29) is 23.4 Å². The van der Waals surface area contributed by atoms with Gasteiger partial charge in [0.25, 0.3) is 0 Å². The van der Waals surface area contributed by atoms with Crippen molar-refractivity contribution >= 4 is 5.91 Å². The number of amides is 1. The zero-order chi connectivity index (χ0) is 13.8. The van der Waals surface area contributed by atoms with Crippen LogP contribution in [0.1, 0.15) is 33.1 Å². The maximum absolute atomic E-state index is 11.8. The molecule has 2 atom stereocenters. The molecule has 2 unspecified atom stereocenters. The third-order valence-electron chi connectivity index (χ3n) is 3.39. The van der Waals surface area contributed by atoms with Gasteiger partial charge in [-0.2, -0.15) is 0 Å². The quantitative estimate of drug-likeness (QED) is 0.709. The molecule has 0 aromatic rings. The molecule has 1 fully saturated rings. The molecule has 0 spiro atoms. The van der Waals surface area contributed by atoms with Crippen LogP contribution in [0, 0.1) is 5.92 Å². The molecule has 0 radical (unpaired) electrons. The van der Waals surface area contributed by atoms with E-state index in [1.165, 1.54) is 0 Å². The van der Waals surface area contributed by atoms with Gasteiger partial charge in [0.1, 0.15) is 0 Å². The first-order chi connectivity index (χ1) is 8.39. The van der Waals surface area contributed by atoms with E-state index in [1.807, 2.05) is 6.08 Å². The molecule has 100 valence electrons. The van der Waals surface area contributed by atoms with Crippen LogP contribution in [-0.2, 0) is 4.79 Å². The topological polar surface area (TPSA) is 55.1 Å². The number of nitrogens with two attached hydrogens (primary N) is 1. The first kappa shape index (κ1) is 14.7. The van der Waals surface area contributed by atoms with Crippen LogP contribution >= 0.6 is 0 Å². The second-order valence-corrected chi connectivity index (χ2v) is 5.56. The molecule has 1 rings (SSSR count). The first-order valence-corrected chi connectivity index (χ1v) is 6.42. The molecule has 1 amide bonds. The summed E-state index contributed by atoms with van der Waals surface area (Å²) in [5, 5.41) is 3.00. The van der Waals surface area contributed by atoms with Crippen LogP contribution in [0.4, 0.5) is 0 Å². The van der Waals surface area contributed by atoms with Crippen LogP contribution in [-0.4, -0.2) is 17.5 Å². The second kappa shape index (κ2) is 6.01. The van der Waals surface area contributed by atoms with Gasteiger partial charge in [-0.25, -0.2) is 0 Å². The summed E-state index contributed by atoms with van der Waals surface area (Å²) in [4.78, 5) is 11.8. The monoisotopic (exact) mass is 248 g/mol. The molecule has 0 saturated carbocycles. The van der Waals surface area contributed by atoms with E-state index in [4.69, 9.17) is 5.73 Å². The highest BCUT2D eigenvalue weighted by molar-refractivity contribution is 5.81. The lowest BCUT2D eigenvalue weighted by Crippen LogP contribution is -2.34. The minimum atomic E-state index is -0.0793. The average Bonchev–Trinajstić information content (AvgIpc) is 2.56. The maximum Gasteiger partial charge on any atom is 0.223 e. The van der Waals surface area contributed by atoms with Crippen molar-refractivity contribution in [2.24, 2.45) is 11.7 Å². The SMILES string of the molecule is C=C/C=C(\C=C)C(N)CCC1CC(C)(C)NC1=O. The standard InChI is InChI=1S/C15H24N2O/c1-5-7-11(6-2)13(16)9-8-12-10-15(3,4)17-14(12)18/h5-7,12-13H,1-2,8-10,16H2,3-4H3,(H,17,18)/b11-7+. The fraction of sp³-hybridized carbons (Fsp3) is 0.533. The summed E-state index contributed by atoms with van der Waals surface area (Å²) in [5.74, 6) is 0.237. The number of hydrogen-bond acceptors (Lipinski definition) is 2. The van der Waals surface area contributed by atoms with E-state index in [9.17, 15) is 4.79 Å². The fourth-order valence-corrected chi connectivity index (χ4v) is 2.45. The highest BCUT2D eigenvalue weighted by Gasteiger charge is 2.36. The van der Waals surface area contributed by atoms with Gasteiger partial charge in [-0.15, -0.1) is 0 Å². The smallest absolute Gasteiger partial charge is 0.223 e. The number of rotatable bonds is 6. The highest BCUT2D eigenvalue weighted by atomic mass is 16.2. The van der Waals surface area contributed by atoms with Crippen LogP contribution in [0.5, 0.6) is 0 Å². The minimum Gasteiger partial charge on any atom is -0.351 e. The molecule has 0 aromatic heterocycles. The Balaban J connectivity index is 2.51. The molecule has 3 N–H and O–H groups in total. The number of carbonyl (C=O) groups is 1. The molecule has 0 bridgehead atoms. The fourth-order valence-electron chi connectivity index (χ4n) is 2.45. The predicted molar refractivity (Wildman–Crippen MR) is 76.0 cm³/mol. The molecule has 3 heteroatoms.